The van der Waals surface area contributed by atoms with Gasteiger partial charge in [-0.2, -0.15) is 0 Å². The molecule has 0 aromatic carbocycles. The zero-order valence-electron chi connectivity index (χ0n) is 6.74. The lowest BCUT2D eigenvalue weighted by Crippen LogP contribution is -2.44. The van der Waals surface area contributed by atoms with E-state index in [0.29, 0.717) is 5.92 Å². The molecule has 0 saturated heterocycles. The van der Waals surface area contributed by atoms with Crippen LogP contribution in [0.1, 0.15) is 32.1 Å². The molecular weight excluding hydrogens is 140 g/mol. The molecule has 2 bridgehead atoms. The van der Waals surface area contributed by atoms with Crippen LogP contribution in [0.5, 0.6) is 0 Å². The van der Waals surface area contributed by atoms with E-state index >= 15 is 0 Å². The van der Waals surface area contributed by atoms with Gasteiger partial charge in [-0.05, 0) is 31.6 Å². The fourth-order valence-electron chi connectivity index (χ4n) is 2.64. The van der Waals surface area contributed by atoms with Gasteiger partial charge in [0.25, 0.3) is 0 Å². The van der Waals surface area contributed by atoms with Gasteiger partial charge in [-0.3, -0.25) is 0 Å². The van der Waals surface area contributed by atoms with E-state index in [4.69, 9.17) is 0 Å². The second kappa shape index (κ2) is 2.76. The van der Waals surface area contributed by atoms with Crippen molar-refractivity contribution < 1.29 is 10.2 Å². The molecule has 2 rings (SSSR count). The second-order valence-corrected chi connectivity index (χ2v) is 3.99. The van der Waals surface area contributed by atoms with Gasteiger partial charge in [-0.25, -0.2) is 0 Å². The van der Waals surface area contributed by atoms with Gasteiger partial charge in [0.2, 0.25) is 0 Å². The van der Waals surface area contributed by atoms with Crippen LogP contribution < -0.4 is 0 Å². The zero-order chi connectivity index (χ0) is 7.84. The lowest BCUT2D eigenvalue weighted by Gasteiger charge is -2.42. The molecule has 2 nitrogen and oxygen atoms in total. The Bertz CT molecular complexity index is 146. The van der Waals surface area contributed by atoms with Crippen LogP contribution in [-0.4, -0.2) is 22.4 Å². The lowest BCUT2D eigenvalue weighted by molar-refractivity contribution is -0.0810. The van der Waals surface area contributed by atoms with Crippen molar-refractivity contribution in [2.75, 3.05) is 0 Å². The first-order valence-corrected chi connectivity index (χ1v) is 4.65. The van der Waals surface area contributed by atoms with E-state index in [9.17, 15) is 10.2 Å². The minimum absolute atomic E-state index is 0.197. The van der Waals surface area contributed by atoms with Crippen LogP contribution in [0.2, 0.25) is 0 Å². The molecule has 0 aromatic heterocycles. The summed E-state index contributed by atoms with van der Waals surface area (Å²) in [6, 6.07) is 0. The van der Waals surface area contributed by atoms with Crippen LogP contribution >= 0.6 is 0 Å². The minimum Gasteiger partial charge on any atom is -0.393 e. The van der Waals surface area contributed by atoms with Gasteiger partial charge in [0.15, 0.2) is 0 Å². The van der Waals surface area contributed by atoms with Crippen molar-refractivity contribution in [3.63, 3.8) is 0 Å². The molecule has 2 saturated carbocycles. The topological polar surface area (TPSA) is 40.5 Å². The van der Waals surface area contributed by atoms with Gasteiger partial charge in [-0.15, -0.1) is 0 Å². The number of rotatable bonds is 0. The molecule has 2 aliphatic carbocycles. The Balaban J connectivity index is 2.09. The Morgan fingerprint density at radius 3 is 2.45 bits per heavy atom. The third-order valence-electron chi connectivity index (χ3n) is 3.36. The highest BCUT2D eigenvalue weighted by Crippen LogP contribution is 2.39. The van der Waals surface area contributed by atoms with Crippen molar-refractivity contribution in [3.05, 3.63) is 0 Å². The van der Waals surface area contributed by atoms with Crippen molar-refractivity contribution in [2.24, 2.45) is 11.8 Å². The molecule has 2 N–H and O–H groups in total. The first kappa shape index (κ1) is 7.56. The second-order valence-electron chi connectivity index (χ2n) is 3.99. The maximum atomic E-state index is 9.70. The predicted molar refractivity (Wildman–Crippen MR) is 42.1 cm³/mol. The molecule has 2 aliphatic rings. The molecule has 0 spiro atoms. The molecule has 0 heterocycles. The Kier molecular flexibility index (Phi) is 1.90. The van der Waals surface area contributed by atoms with E-state index in [-0.39, 0.29) is 18.1 Å². The van der Waals surface area contributed by atoms with Crippen LogP contribution in [0.3, 0.4) is 0 Å². The Hall–Kier alpha value is -0.0800. The van der Waals surface area contributed by atoms with E-state index < -0.39 is 0 Å². The van der Waals surface area contributed by atoms with Gasteiger partial charge in [0, 0.05) is 5.92 Å². The van der Waals surface area contributed by atoms with Crippen LogP contribution in [0.4, 0.5) is 0 Å². The summed E-state index contributed by atoms with van der Waals surface area (Å²) >= 11 is 0. The van der Waals surface area contributed by atoms with E-state index in [2.05, 4.69) is 0 Å². The lowest BCUT2D eigenvalue weighted by atomic mass is 9.69. The van der Waals surface area contributed by atoms with Crippen LogP contribution in [-0.2, 0) is 0 Å². The highest BCUT2D eigenvalue weighted by Gasteiger charge is 2.39. The van der Waals surface area contributed by atoms with E-state index in [1.807, 2.05) is 0 Å². The monoisotopic (exact) mass is 156 g/mol. The quantitative estimate of drug-likeness (QED) is 0.547. The molecule has 4 atom stereocenters. The highest BCUT2D eigenvalue weighted by atomic mass is 16.3. The summed E-state index contributed by atoms with van der Waals surface area (Å²) in [5.74, 6) is 0.694. The van der Waals surface area contributed by atoms with Gasteiger partial charge < -0.3 is 10.2 Å². The number of hydrogen-bond donors (Lipinski definition) is 2. The SMILES string of the molecule is OC1CCC2CCCC1C2O. The molecular formula is C9H16O2. The maximum absolute atomic E-state index is 9.70. The Labute approximate surface area is 67.2 Å². The van der Waals surface area contributed by atoms with Crippen molar-refractivity contribution in [1.29, 1.82) is 0 Å². The van der Waals surface area contributed by atoms with Crippen LogP contribution in [0, 0.1) is 11.8 Å². The minimum atomic E-state index is -0.221. The van der Waals surface area contributed by atoms with Crippen LogP contribution in [0.15, 0.2) is 0 Å². The predicted octanol–water partition coefficient (Wildman–Crippen LogP) is 0.918. The molecule has 2 heteroatoms. The van der Waals surface area contributed by atoms with E-state index in [1.54, 1.807) is 0 Å². The van der Waals surface area contributed by atoms with Crippen LogP contribution in [0.25, 0.3) is 0 Å². The molecule has 0 aliphatic heterocycles. The number of aliphatic hydroxyl groups excluding tert-OH is 2. The normalized spacial score (nSPS) is 50.7. The summed E-state index contributed by atoms with van der Waals surface area (Å²) in [4.78, 5) is 0. The third-order valence-corrected chi connectivity index (χ3v) is 3.36. The Morgan fingerprint density at radius 2 is 1.73 bits per heavy atom. The molecule has 0 aromatic rings. The fourth-order valence-corrected chi connectivity index (χ4v) is 2.64. The fraction of sp³-hybridized carbons (Fsp3) is 1.00. The summed E-state index contributed by atoms with van der Waals surface area (Å²) in [7, 11) is 0. The summed E-state index contributed by atoms with van der Waals surface area (Å²) < 4.78 is 0. The summed E-state index contributed by atoms with van der Waals surface area (Å²) in [5.41, 5.74) is 0. The number of hydrogen-bond acceptors (Lipinski definition) is 2. The standard InChI is InChI=1S/C9H16O2/c10-8-5-4-6-2-1-3-7(8)9(6)11/h6-11H,1-5H2. The summed E-state index contributed by atoms with van der Waals surface area (Å²) in [5, 5.41) is 19.2. The number of fused-ring (bicyclic) bond motifs is 2. The van der Waals surface area contributed by atoms with Gasteiger partial charge in [0.1, 0.15) is 0 Å². The van der Waals surface area contributed by atoms with Gasteiger partial charge in [-0.1, -0.05) is 6.42 Å². The van der Waals surface area contributed by atoms with Crippen molar-refractivity contribution in [3.8, 4) is 0 Å². The first-order chi connectivity index (χ1) is 5.29. The molecule has 11 heavy (non-hydrogen) atoms. The molecule has 0 radical (unpaired) electrons. The van der Waals surface area contributed by atoms with Crippen molar-refractivity contribution >= 4 is 0 Å². The van der Waals surface area contributed by atoms with Gasteiger partial charge in [0.05, 0.1) is 12.2 Å². The zero-order valence-corrected chi connectivity index (χ0v) is 6.74. The van der Waals surface area contributed by atoms with Crippen molar-refractivity contribution in [1.82, 2.24) is 0 Å². The average molecular weight is 156 g/mol. The molecule has 4 unspecified atom stereocenters. The smallest absolute Gasteiger partial charge is 0.0621 e. The number of aliphatic hydroxyl groups is 2. The molecule has 64 valence electrons. The summed E-state index contributed by atoms with van der Waals surface area (Å²) in [6.45, 7) is 0. The van der Waals surface area contributed by atoms with Crippen molar-refractivity contribution in [2.45, 2.75) is 44.3 Å². The van der Waals surface area contributed by atoms with Gasteiger partial charge >= 0.3 is 0 Å². The van der Waals surface area contributed by atoms with E-state index in [1.165, 1.54) is 12.8 Å². The molecule has 2 fully saturated rings. The third kappa shape index (κ3) is 1.18. The Morgan fingerprint density at radius 1 is 0.909 bits per heavy atom. The first-order valence-electron chi connectivity index (χ1n) is 4.65. The summed E-state index contributed by atoms with van der Waals surface area (Å²) in [6.07, 6.45) is 4.91. The maximum Gasteiger partial charge on any atom is 0.0621 e. The molecule has 0 amide bonds. The highest BCUT2D eigenvalue weighted by molar-refractivity contribution is 4.90. The van der Waals surface area contributed by atoms with E-state index in [0.717, 1.165) is 19.3 Å². The largest absolute Gasteiger partial charge is 0.393 e. The average Bonchev–Trinajstić information content (AvgIpc) is 1.98.